The highest BCUT2D eigenvalue weighted by atomic mass is 16.3. The molecule has 3 N–H and O–H groups in total. The molecule has 1 aliphatic rings. The van der Waals surface area contributed by atoms with Crippen LogP contribution in [0, 0.1) is 0 Å². The summed E-state index contributed by atoms with van der Waals surface area (Å²) >= 11 is 0. The number of pyridine rings is 1. The third kappa shape index (κ3) is 3.42. The summed E-state index contributed by atoms with van der Waals surface area (Å²) in [5.41, 5.74) is 0.325. The Morgan fingerprint density at radius 2 is 2.06 bits per heavy atom. The lowest BCUT2D eigenvalue weighted by Gasteiger charge is -2.36. The van der Waals surface area contributed by atoms with Gasteiger partial charge >= 0.3 is 6.03 Å². The van der Waals surface area contributed by atoms with Crippen LogP contribution in [0.5, 0.6) is 0 Å². The van der Waals surface area contributed by atoms with E-state index < -0.39 is 5.60 Å². The largest absolute Gasteiger partial charge is 0.388 e. The van der Waals surface area contributed by atoms with Gasteiger partial charge < -0.3 is 15.7 Å². The molecule has 92 valence electrons. The Morgan fingerprint density at radius 1 is 1.35 bits per heavy atom. The molecule has 0 saturated heterocycles. The Kier molecular flexibility index (Phi) is 3.58. The Balaban J connectivity index is 1.67. The lowest BCUT2D eigenvalue weighted by molar-refractivity contribution is -0.0290. The van der Waals surface area contributed by atoms with Crippen LogP contribution >= 0.6 is 0 Å². The first-order chi connectivity index (χ1) is 8.18. The van der Waals surface area contributed by atoms with Crippen molar-refractivity contribution >= 4 is 6.03 Å². The van der Waals surface area contributed by atoms with E-state index in [0.717, 1.165) is 24.8 Å². The smallest absolute Gasteiger partial charge is 0.315 e. The van der Waals surface area contributed by atoms with Crippen LogP contribution in [0.4, 0.5) is 4.79 Å². The molecule has 0 radical (unpaired) electrons. The SMILES string of the molecule is O=C(NCc1ccncc1)NCC1(O)CCC1. The summed E-state index contributed by atoms with van der Waals surface area (Å²) < 4.78 is 0. The van der Waals surface area contributed by atoms with Crippen LogP contribution in [-0.2, 0) is 6.54 Å². The number of hydrogen-bond donors (Lipinski definition) is 3. The molecule has 0 aromatic carbocycles. The molecule has 1 aromatic heterocycles. The summed E-state index contributed by atoms with van der Waals surface area (Å²) in [6, 6.07) is 3.45. The molecule has 0 bridgehead atoms. The van der Waals surface area contributed by atoms with Crippen molar-refractivity contribution < 1.29 is 9.90 Å². The number of aliphatic hydroxyl groups is 1. The topological polar surface area (TPSA) is 74.2 Å². The van der Waals surface area contributed by atoms with E-state index in [1.54, 1.807) is 12.4 Å². The minimum atomic E-state index is -0.673. The molecule has 2 amide bonds. The number of urea groups is 1. The number of nitrogens with one attached hydrogen (secondary N) is 2. The summed E-state index contributed by atoms with van der Waals surface area (Å²) in [5, 5.41) is 15.2. The van der Waals surface area contributed by atoms with E-state index in [1.165, 1.54) is 0 Å². The Hall–Kier alpha value is -1.62. The number of hydrogen-bond acceptors (Lipinski definition) is 3. The summed E-state index contributed by atoms with van der Waals surface area (Å²) in [5.74, 6) is 0. The van der Waals surface area contributed by atoms with Gasteiger partial charge in [0.15, 0.2) is 0 Å². The van der Waals surface area contributed by atoms with Gasteiger partial charge in [0, 0.05) is 25.5 Å². The first-order valence-corrected chi connectivity index (χ1v) is 5.81. The van der Waals surface area contributed by atoms with Gasteiger partial charge in [-0.05, 0) is 37.0 Å². The minimum absolute atomic E-state index is 0.248. The van der Waals surface area contributed by atoms with E-state index in [9.17, 15) is 9.90 Å². The lowest BCUT2D eigenvalue weighted by Crippen LogP contribution is -2.49. The summed E-state index contributed by atoms with van der Waals surface area (Å²) in [6.07, 6.45) is 5.96. The second kappa shape index (κ2) is 5.14. The van der Waals surface area contributed by atoms with Crippen molar-refractivity contribution in [2.45, 2.75) is 31.4 Å². The Morgan fingerprint density at radius 3 is 2.65 bits per heavy atom. The van der Waals surface area contributed by atoms with Crippen LogP contribution in [0.1, 0.15) is 24.8 Å². The predicted octanol–water partition coefficient (Wildman–Crippen LogP) is 0.796. The van der Waals surface area contributed by atoms with Crippen molar-refractivity contribution in [2.24, 2.45) is 0 Å². The van der Waals surface area contributed by atoms with Crippen LogP contribution in [0.3, 0.4) is 0 Å². The van der Waals surface area contributed by atoms with Gasteiger partial charge in [0.2, 0.25) is 0 Å². The summed E-state index contributed by atoms with van der Waals surface area (Å²) in [7, 11) is 0. The van der Waals surface area contributed by atoms with Crippen LogP contribution in [0.2, 0.25) is 0 Å². The number of carbonyl (C=O) groups excluding carboxylic acids is 1. The number of aromatic nitrogens is 1. The van der Waals surface area contributed by atoms with E-state index >= 15 is 0 Å². The van der Waals surface area contributed by atoms with Crippen LogP contribution in [0.15, 0.2) is 24.5 Å². The molecule has 0 aliphatic heterocycles. The average Bonchev–Trinajstić information content (AvgIpc) is 2.33. The van der Waals surface area contributed by atoms with Crippen LogP contribution in [0.25, 0.3) is 0 Å². The van der Waals surface area contributed by atoms with Crippen LogP contribution in [-0.4, -0.2) is 28.3 Å². The quantitative estimate of drug-likeness (QED) is 0.722. The van der Waals surface area contributed by atoms with E-state index in [2.05, 4.69) is 15.6 Å². The van der Waals surface area contributed by atoms with Crippen molar-refractivity contribution in [1.82, 2.24) is 15.6 Å². The molecule has 1 aromatic rings. The molecule has 5 heteroatoms. The van der Waals surface area contributed by atoms with E-state index in [-0.39, 0.29) is 6.03 Å². The van der Waals surface area contributed by atoms with Crippen molar-refractivity contribution in [2.75, 3.05) is 6.54 Å². The predicted molar refractivity (Wildman–Crippen MR) is 63.3 cm³/mol. The van der Waals surface area contributed by atoms with Gasteiger partial charge in [0.25, 0.3) is 0 Å². The maximum absolute atomic E-state index is 11.5. The monoisotopic (exact) mass is 235 g/mol. The standard InChI is InChI=1S/C12H17N3O2/c16-11(15-9-12(17)4-1-5-12)14-8-10-2-6-13-7-3-10/h2-3,6-7,17H,1,4-5,8-9H2,(H2,14,15,16). The molecular formula is C12H17N3O2. The van der Waals surface area contributed by atoms with Crippen molar-refractivity contribution in [3.8, 4) is 0 Å². The van der Waals surface area contributed by atoms with Crippen molar-refractivity contribution in [1.29, 1.82) is 0 Å². The highest BCUT2D eigenvalue weighted by Gasteiger charge is 2.34. The number of carbonyl (C=O) groups is 1. The lowest BCUT2D eigenvalue weighted by atomic mass is 9.80. The summed E-state index contributed by atoms with van der Waals surface area (Å²) in [6.45, 7) is 0.794. The fourth-order valence-corrected chi connectivity index (χ4v) is 1.75. The molecule has 0 spiro atoms. The Bertz CT molecular complexity index is 377. The van der Waals surface area contributed by atoms with Gasteiger partial charge in [0.05, 0.1) is 5.60 Å². The molecule has 1 aliphatic carbocycles. The number of amides is 2. The summed E-state index contributed by atoms with van der Waals surface area (Å²) in [4.78, 5) is 15.4. The van der Waals surface area contributed by atoms with E-state index in [0.29, 0.717) is 13.1 Å². The maximum atomic E-state index is 11.5. The van der Waals surface area contributed by atoms with Gasteiger partial charge in [-0.15, -0.1) is 0 Å². The van der Waals surface area contributed by atoms with Crippen molar-refractivity contribution in [3.63, 3.8) is 0 Å². The zero-order valence-corrected chi connectivity index (χ0v) is 9.65. The van der Waals surface area contributed by atoms with Crippen LogP contribution < -0.4 is 10.6 Å². The average molecular weight is 235 g/mol. The van der Waals surface area contributed by atoms with Gasteiger partial charge in [-0.25, -0.2) is 4.79 Å². The maximum Gasteiger partial charge on any atom is 0.315 e. The fourth-order valence-electron chi connectivity index (χ4n) is 1.75. The molecule has 0 atom stereocenters. The molecule has 1 heterocycles. The molecule has 1 fully saturated rings. The normalized spacial score (nSPS) is 17.0. The molecule has 2 rings (SSSR count). The van der Waals surface area contributed by atoms with E-state index in [1.807, 2.05) is 12.1 Å². The first-order valence-electron chi connectivity index (χ1n) is 5.81. The highest BCUT2D eigenvalue weighted by molar-refractivity contribution is 5.73. The molecule has 17 heavy (non-hydrogen) atoms. The molecule has 5 nitrogen and oxygen atoms in total. The second-order valence-electron chi connectivity index (χ2n) is 4.47. The fraction of sp³-hybridized carbons (Fsp3) is 0.500. The molecule has 0 unspecified atom stereocenters. The van der Waals surface area contributed by atoms with Gasteiger partial charge in [-0.2, -0.15) is 0 Å². The molecular weight excluding hydrogens is 218 g/mol. The zero-order chi connectivity index (χ0) is 12.1. The third-order valence-corrected chi connectivity index (χ3v) is 3.06. The van der Waals surface area contributed by atoms with Gasteiger partial charge in [0.1, 0.15) is 0 Å². The third-order valence-electron chi connectivity index (χ3n) is 3.06. The Labute approximate surface area is 100 Å². The zero-order valence-electron chi connectivity index (χ0n) is 9.65. The highest BCUT2D eigenvalue weighted by Crippen LogP contribution is 2.30. The first kappa shape index (κ1) is 11.9. The van der Waals surface area contributed by atoms with Gasteiger partial charge in [-0.3, -0.25) is 4.98 Å². The molecule has 1 saturated carbocycles. The number of nitrogens with zero attached hydrogens (tertiary/aromatic N) is 1. The van der Waals surface area contributed by atoms with Crippen molar-refractivity contribution in [3.05, 3.63) is 30.1 Å². The van der Waals surface area contributed by atoms with E-state index in [4.69, 9.17) is 0 Å². The number of rotatable bonds is 4. The minimum Gasteiger partial charge on any atom is -0.388 e. The van der Waals surface area contributed by atoms with Gasteiger partial charge in [-0.1, -0.05) is 0 Å². The second-order valence-corrected chi connectivity index (χ2v) is 4.47.